The maximum Gasteiger partial charge on any atom is 0.223 e. The Morgan fingerprint density at radius 2 is 1.82 bits per heavy atom. The second kappa shape index (κ2) is 4.08. The quantitative estimate of drug-likeness (QED) is 0.817. The van der Waals surface area contributed by atoms with E-state index in [0.717, 1.165) is 16.8 Å². The van der Waals surface area contributed by atoms with Crippen molar-refractivity contribution in [3.63, 3.8) is 0 Å². The first kappa shape index (κ1) is 11.4. The summed E-state index contributed by atoms with van der Waals surface area (Å²) in [5.41, 5.74) is 5.53. The molecule has 2 rings (SSSR count). The van der Waals surface area contributed by atoms with Crippen molar-refractivity contribution >= 4 is 5.95 Å². The number of benzene rings is 1. The van der Waals surface area contributed by atoms with Gasteiger partial charge in [0.15, 0.2) is 23.3 Å². The normalized spacial score (nSPS) is 10.8. The molecule has 0 saturated carbocycles. The molecule has 0 unspecified atom stereocenters. The largest absolute Gasteiger partial charge is 0.368 e. The van der Waals surface area contributed by atoms with Crippen molar-refractivity contribution in [1.29, 1.82) is 0 Å². The molecular formula is C10H9F3N4. The van der Waals surface area contributed by atoms with E-state index < -0.39 is 17.5 Å². The molecule has 0 aliphatic rings. The van der Waals surface area contributed by atoms with Crippen LogP contribution in [-0.4, -0.2) is 14.8 Å². The first-order valence-electron chi connectivity index (χ1n) is 4.89. The molecule has 17 heavy (non-hydrogen) atoms. The summed E-state index contributed by atoms with van der Waals surface area (Å²) in [6.45, 7) is 1.81. The van der Waals surface area contributed by atoms with E-state index in [2.05, 4.69) is 10.1 Å². The first-order valence-corrected chi connectivity index (χ1v) is 4.89. The Kier molecular flexibility index (Phi) is 2.74. The molecule has 2 N–H and O–H groups in total. The van der Waals surface area contributed by atoms with Gasteiger partial charge in [-0.05, 0) is 0 Å². The summed E-state index contributed by atoms with van der Waals surface area (Å²) in [5.74, 6) is -3.69. The highest BCUT2D eigenvalue weighted by Crippen LogP contribution is 2.18. The van der Waals surface area contributed by atoms with Crippen LogP contribution >= 0.6 is 0 Å². The number of hydrogen-bond donors (Lipinski definition) is 1. The van der Waals surface area contributed by atoms with E-state index in [9.17, 15) is 13.2 Å². The van der Waals surface area contributed by atoms with Crippen LogP contribution in [0, 0.1) is 17.5 Å². The number of nitrogen functional groups attached to an aromatic ring is 1. The van der Waals surface area contributed by atoms with Gasteiger partial charge in [0.2, 0.25) is 5.95 Å². The fourth-order valence-corrected chi connectivity index (χ4v) is 1.37. The molecule has 0 radical (unpaired) electrons. The van der Waals surface area contributed by atoms with Gasteiger partial charge in [0.1, 0.15) is 0 Å². The van der Waals surface area contributed by atoms with Crippen molar-refractivity contribution in [3.05, 3.63) is 35.4 Å². The van der Waals surface area contributed by atoms with E-state index in [0.29, 0.717) is 12.2 Å². The maximum absolute atomic E-state index is 13.0. The molecular weight excluding hydrogens is 233 g/mol. The average Bonchev–Trinajstić information content (AvgIpc) is 2.67. The van der Waals surface area contributed by atoms with E-state index in [1.807, 2.05) is 6.92 Å². The molecule has 2 aromatic rings. The lowest BCUT2D eigenvalue weighted by atomic mass is 10.3. The van der Waals surface area contributed by atoms with Gasteiger partial charge >= 0.3 is 0 Å². The zero-order chi connectivity index (χ0) is 12.6. The van der Waals surface area contributed by atoms with Crippen LogP contribution in [0.5, 0.6) is 0 Å². The fourth-order valence-electron chi connectivity index (χ4n) is 1.37. The number of aryl methyl sites for hydroxylation is 1. The summed E-state index contributed by atoms with van der Waals surface area (Å²) in [5, 5.41) is 3.94. The average molecular weight is 242 g/mol. The highest BCUT2D eigenvalue weighted by molar-refractivity contribution is 5.38. The van der Waals surface area contributed by atoms with Crippen LogP contribution in [0.1, 0.15) is 12.7 Å². The van der Waals surface area contributed by atoms with Gasteiger partial charge in [-0.25, -0.2) is 13.2 Å². The molecule has 7 heteroatoms. The Balaban J connectivity index is 2.56. The van der Waals surface area contributed by atoms with Gasteiger partial charge in [-0.1, -0.05) is 6.92 Å². The third-order valence-corrected chi connectivity index (χ3v) is 2.21. The lowest BCUT2D eigenvalue weighted by Crippen LogP contribution is -2.05. The van der Waals surface area contributed by atoms with Crippen molar-refractivity contribution < 1.29 is 13.2 Å². The van der Waals surface area contributed by atoms with Crippen molar-refractivity contribution in [2.45, 2.75) is 13.3 Å². The van der Waals surface area contributed by atoms with Gasteiger partial charge < -0.3 is 5.73 Å². The number of halogens is 3. The lowest BCUT2D eigenvalue weighted by Gasteiger charge is -2.03. The van der Waals surface area contributed by atoms with Crippen molar-refractivity contribution in [1.82, 2.24) is 14.8 Å². The SMILES string of the molecule is CCc1nc(N)n(-c2cc(F)c(F)c(F)c2)n1. The molecule has 0 atom stereocenters. The number of nitrogens with two attached hydrogens (primary N) is 1. The zero-order valence-electron chi connectivity index (χ0n) is 8.91. The highest BCUT2D eigenvalue weighted by atomic mass is 19.2. The Morgan fingerprint density at radius 1 is 1.24 bits per heavy atom. The number of hydrogen-bond acceptors (Lipinski definition) is 3. The molecule has 90 valence electrons. The standard InChI is InChI=1S/C10H9F3N4/c1-2-8-15-10(14)17(16-8)5-3-6(11)9(13)7(12)4-5/h3-4H,2H2,1H3,(H2,14,15,16). The summed E-state index contributed by atoms with van der Waals surface area (Å²) in [4.78, 5) is 3.88. The van der Waals surface area contributed by atoms with Crippen LogP contribution in [-0.2, 0) is 6.42 Å². The predicted molar refractivity (Wildman–Crippen MR) is 55.0 cm³/mol. The Bertz CT molecular complexity index is 542. The van der Waals surface area contributed by atoms with Gasteiger partial charge in [-0.15, -0.1) is 5.10 Å². The summed E-state index contributed by atoms with van der Waals surface area (Å²) >= 11 is 0. The maximum atomic E-state index is 13.0. The molecule has 4 nitrogen and oxygen atoms in total. The Morgan fingerprint density at radius 3 is 2.29 bits per heavy atom. The van der Waals surface area contributed by atoms with Gasteiger partial charge in [-0.3, -0.25) is 0 Å². The molecule has 1 aromatic heterocycles. The van der Waals surface area contributed by atoms with E-state index in [-0.39, 0.29) is 11.6 Å². The Hall–Kier alpha value is -2.05. The van der Waals surface area contributed by atoms with Crippen LogP contribution in [0.15, 0.2) is 12.1 Å². The molecule has 0 spiro atoms. The van der Waals surface area contributed by atoms with Crippen molar-refractivity contribution in [2.24, 2.45) is 0 Å². The molecule has 0 aliphatic heterocycles. The third-order valence-electron chi connectivity index (χ3n) is 2.21. The van der Waals surface area contributed by atoms with Crippen molar-refractivity contribution in [3.8, 4) is 5.69 Å². The highest BCUT2D eigenvalue weighted by Gasteiger charge is 2.14. The molecule has 0 amide bonds. The third kappa shape index (κ3) is 1.95. The number of rotatable bonds is 2. The summed E-state index contributed by atoms with van der Waals surface area (Å²) in [7, 11) is 0. The van der Waals surface area contributed by atoms with E-state index in [1.165, 1.54) is 0 Å². The van der Waals surface area contributed by atoms with Crippen LogP contribution in [0.2, 0.25) is 0 Å². The van der Waals surface area contributed by atoms with Gasteiger partial charge in [0, 0.05) is 18.6 Å². The van der Waals surface area contributed by atoms with Crippen LogP contribution in [0.25, 0.3) is 5.69 Å². The van der Waals surface area contributed by atoms with Gasteiger partial charge in [0.05, 0.1) is 5.69 Å². The minimum Gasteiger partial charge on any atom is -0.368 e. The number of nitrogens with zero attached hydrogens (tertiary/aromatic N) is 3. The van der Waals surface area contributed by atoms with E-state index in [4.69, 9.17) is 5.73 Å². The monoisotopic (exact) mass is 242 g/mol. The predicted octanol–water partition coefficient (Wildman–Crippen LogP) is 1.83. The fraction of sp³-hybridized carbons (Fsp3) is 0.200. The van der Waals surface area contributed by atoms with Gasteiger partial charge in [0.25, 0.3) is 0 Å². The minimum atomic E-state index is -1.52. The molecule has 1 aromatic carbocycles. The minimum absolute atomic E-state index is 0.00717. The molecule has 0 bridgehead atoms. The smallest absolute Gasteiger partial charge is 0.223 e. The van der Waals surface area contributed by atoms with E-state index in [1.54, 1.807) is 0 Å². The number of anilines is 1. The first-order chi connectivity index (χ1) is 8.02. The summed E-state index contributed by atoms with van der Waals surface area (Å²) in [6, 6.07) is 1.62. The van der Waals surface area contributed by atoms with Crippen LogP contribution in [0.4, 0.5) is 19.1 Å². The van der Waals surface area contributed by atoms with Crippen LogP contribution in [0.3, 0.4) is 0 Å². The zero-order valence-corrected chi connectivity index (χ0v) is 8.91. The molecule has 1 heterocycles. The second-order valence-corrected chi connectivity index (χ2v) is 3.37. The Labute approximate surface area is 94.9 Å². The lowest BCUT2D eigenvalue weighted by molar-refractivity contribution is 0.446. The number of aromatic nitrogens is 3. The summed E-state index contributed by atoms with van der Waals surface area (Å²) in [6.07, 6.45) is 0.531. The molecule has 0 fully saturated rings. The molecule has 0 aliphatic carbocycles. The van der Waals surface area contributed by atoms with Crippen molar-refractivity contribution in [2.75, 3.05) is 5.73 Å². The second-order valence-electron chi connectivity index (χ2n) is 3.37. The van der Waals surface area contributed by atoms with E-state index >= 15 is 0 Å². The summed E-state index contributed by atoms with van der Waals surface area (Å²) < 4.78 is 39.9. The van der Waals surface area contributed by atoms with Crippen LogP contribution < -0.4 is 5.73 Å². The molecule has 0 saturated heterocycles. The topological polar surface area (TPSA) is 56.7 Å². The van der Waals surface area contributed by atoms with Gasteiger partial charge in [-0.2, -0.15) is 9.67 Å².